The first kappa shape index (κ1) is 15.3. The van der Waals surface area contributed by atoms with E-state index in [2.05, 4.69) is 84.5 Å². The van der Waals surface area contributed by atoms with Gasteiger partial charge in [0, 0.05) is 4.47 Å². The van der Waals surface area contributed by atoms with E-state index in [-0.39, 0.29) is 6.04 Å². The molecule has 0 aromatic heterocycles. The summed E-state index contributed by atoms with van der Waals surface area (Å²) < 4.78 is 1.13. The van der Waals surface area contributed by atoms with Crippen molar-refractivity contribution in [3.05, 3.63) is 69.2 Å². The quantitative estimate of drug-likeness (QED) is 0.798. The molecule has 106 valence electrons. The van der Waals surface area contributed by atoms with E-state index in [1.54, 1.807) is 0 Å². The highest BCUT2D eigenvalue weighted by molar-refractivity contribution is 9.10. The van der Waals surface area contributed by atoms with Crippen molar-refractivity contribution in [3.63, 3.8) is 0 Å². The highest BCUT2D eigenvalue weighted by atomic mass is 79.9. The van der Waals surface area contributed by atoms with Gasteiger partial charge in [-0.05, 0) is 61.2 Å². The lowest BCUT2D eigenvalue weighted by molar-refractivity contribution is 0.594. The molecule has 0 amide bonds. The molecule has 2 heteroatoms. The van der Waals surface area contributed by atoms with Gasteiger partial charge in [0.2, 0.25) is 0 Å². The summed E-state index contributed by atoms with van der Waals surface area (Å²) >= 11 is 3.60. The average Bonchev–Trinajstić information content (AvgIpc) is 2.44. The van der Waals surface area contributed by atoms with E-state index in [4.69, 9.17) is 0 Å². The first-order chi connectivity index (χ1) is 9.63. The fraction of sp³-hybridized carbons (Fsp3) is 0.333. The van der Waals surface area contributed by atoms with Crippen LogP contribution in [0.2, 0.25) is 0 Å². The van der Waals surface area contributed by atoms with Crippen LogP contribution in [0.15, 0.2) is 46.9 Å². The molecule has 20 heavy (non-hydrogen) atoms. The fourth-order valence-corrected chi connectivity index (χ4v) is 2.89. The highest BCUT2D eigenvalue weighted by Crippen LogP contribution is 2.29. The van der Waals surface area contributed by atoms with Crippen molar-refractivity contribution in [1.82, 2.24) is 5.32 Å². The van der Waals surface area contributed by atoms with Crippen LogP contribution in [-0.4, -0.2) is 6.54 Å². The predicted molar refractivity (Wildman–Crippen MR) is 90.2 cm³/mol. The van der Waals surface area contributed by atoms with E-state index >= 15 is 0 Å². The second kappa shape index (κ2) is 7.05. The Morgan fingerprint density at radius 3 is 2.40 bits per heavy atom. The van der Waals surface area contributed by atoms with E-state index < -0.39 is 0 Å². The number of halogens is 1. The molecule has 2 aromatic carbocycles. The Morgan fingerprint density at radius 1 is 1.00 bits per heavy atom. The number of benzene rings is 2. The zero-order chi connectivity index (χ0) is 14.5. The van der Waals surface area contributed by atoms with Crippen molar-refractivity contribution < 1.29 is 0 Å². The molecule has 0 bridgehead atoms. The maximum absolute atomic E-state index is 3.69. The van der Waals surface area contributed by atoms with Gasteiger partial charge in [0.1, 0.15) is 0 Å². The van der Waals surface area contributed by atoms with Gasteiger partial charge in [-0.3, -0.25) is 0 Å². The lowest BCUT2D eigenvalue weighted by Crippen LogP contribution is -2.24. The minimum atomic E-state index is 0.258. The third-order valence-electron chi connectivity index (χ3n) is 3.65. The van der Waals surface area contributed by atoms with Crippen molar-refractivity contribution in [1.29, 1.82) is 0 Å². The monoisotopic (exact) mass is 331 g/mol. The fourth-order valence-electron chi connectivity index (χ4n) is 2.51. The molecule has 0 aliphatic rings. The van der Waals surface area contributed by atoms with Crippen molar-refractivity contribution in [2.75, 3.05) is 6.54 Å². The molecule has 1 atom stereocenters. The molecule has 0 heterocycles. The van der Waals surface area contributed by atoms with Crippen molar-refractivity contribution in [3.8, 4) is 0 Å². The van der Waals surface area contributed by atoms with E-state index in [9.17, 15) is 0 Å². The second-order valence-electron chi connectivity index (χ2n) is 5.24. The van der Waals surface area contributed by atoms with Crippen LogP contribution in [0.25, 0.3) is 0 Å². The van der Waals surface area contributed by atoms with Gasteiger partial charge in [-0.1, -0.05) is 53.2 Å². The summed E-state index contributed by atoms with van der Waals surface area (Å²) in [7, 11) is 0. The summed E-state index contributed by atoms with van der Waals surface area (Å²) in [5, 5.41) is 3.69. The standard InChI is InChI=1S/C18H22BrN/c1-4-11-20-18(16-8-6-5-7-13(16)2)17-12-15(19)10-9-14(17)3/h5-10,12,18,20H,4,11H2,1-3H3. The number of aryl methyl sites for hydroxylation is 2. The normalized spacial score (nSPS) is 12.4. The summed E-state index contributed by atoms with van der Waals surface area (Å²) in [4.78, 5) is 0. The maximum Gasteiger partial charge on any atom is 0.0582 e. The van der Waals surface area contributed by atoms with E-state index in [0.29, 0.717) is 0 Å². The number of rotatable bonds is 5. The lowest BCUT2D eigenvalue weighted by atomic mass is 9.92. The third-order valence-corrected chi connectivity index (χ3v) is 4.14. The molecule has 2 aromatic rings. The van der Waals surface area contributed by atoms with Crippen LogP contribution in [0.4, 0.5) is 0 Å². The van der Waals surface area contributed by atoms with Crippen molar-refractivity contribution in [2.24, 2.45) is 0 Å². The molecule has 0 saturated heterocycles. The Bertz CT molecular complexity index is 577. The van der Waals surface area contributed by atoms with Gasteiger partial charge in [0.25, 0.3) is 0 Å². The summed E-state index contributed by atoms with van der Waals surface area (Å²) in [5.74, 6) is 0. The van der Waals surface area contributed by atoms with Crippen LogP contribution >= 0.6 is 15.9 Å². The second-order valence-corrected chi connectivity index (χ2v) is 6.16. The van der Waals surface area contributed by atoms with E-state index in [0.717, 1.165) is 17.4 Å². The molecule has 0 aliphatic heterocycles. The molecule has 0 saturated carbocycles. The Hall–Kier alpha value is -1.12. The van der Waals surface area contributed by atoms with Crippen LogP contribution in [-0.2, 0) is 0 Å². The minimum Gasteiger partial charge on any atom is -0.306 e. The Kier molecular flexibility index (Phi) is 5.38. The van der Waals surface area contributed by atoms with Gasteiger partial charge in [0.15, 0.2) is 0 Å². The smallest absolute Gasteiger partial charge is 0.0582 e. The first-order valence-corrected chi connectivity index (χ1v) is 7.97. The van der Waals surface area contributed by atoms with Gasteiger partial charge >= 0.3 is 0 Å². The van der Waals surface area contributed by atoms with Gasteiger partial charge in [-0.15, -0.1) is 0 Å². The Balaban J connectivity index is 2.47. The van der Waals surface area contributed by atoms with Gasteiger partial charge < -0.3 is 5.32 Å². The van der Waals surface area contributed by atoms with Crippen LogP contribution in [0.3, 0.4) is 0 Å². The van der Waals surface area contributed by atoms with Crippen molar-refractivity contribution >= 4 is 15.9 Å². The van der Waals surface area contributed by atoms with E-state index in [1.165, 1.54) is 22.3 Å². The molecule has 0 aliphatic carbocycles. The molecule has 0 spiro atoms. The van der Waals surface area contributed by atoms with Gasteiger partial charge in [-0.25, -0.2) is 0 Å². The Morgan fingerprint density at radius 2 is 1.70 bits per heavy atom. The molecule has 0 fully saturated rings. The van der Waals surface area contributed by atoms with Crippen molar-refractivity contribution in [2.45, 2.75) is 33.2 Å². The van der Waals surface area contributed by atoms with Crippen LogP contribution in [0, 0.1) is 13.8 Å². The van der Waals surface area contributed by atoms with E-state index in [1.807, 2.05) is 0 Å². The zero-order valence-corrected chi connectivity index (χ0v) is 14.0. The number of nitrogens with one attached hydrogen (secondary N) is 1. The predicted octanol–water partition coefficient (Wildman–Crippen LogP) is 5.15. The molecule has 1 unspecified atom stereocenters. The minimum absolute atomic E-state index is 0.258. The number of hydrogen-bond donors (Lipinski definition) is 1. The summed E-state index contributed by atoms with van der Waals surface area (Å²) in [6.45, 7) is 7.59. The summed E-state index contributed by atoms with van der Waals surface area (Å²) in [5.41, 5.74) is 5.37. The molecule has 2 rings (SSSR count). The Labute approximate surface area is 130 Å². The molecule has 0 radical (unpaired) electrons. The SMILES string of the molecule is CCCNC(c1ccccc1C)c1cc(Br)ccc1C. The van der Waals surface area contributed by atoms with Crippen LogP contribution in [0.1, 0.15) is 41.6 Å². The third kappa shape index (κ3) is 3.50. The van der Waals surface area contributed by atoms with Crippen LogP contribution in [0.5, 0.6) is 0 Å². The van der Waals surface area contributed by atoms with Gasteiger partial charge in [-0.2, -0.15) is 0 Å². The number of hydrogen-bond acceptors (Lipinski definition) is 1. The van der Waals surface area contributed by atoms with Crippen LogP contribution < -0.4 is 5.32 Å². The zero-order valence-electron chi connectivity index (χ0n) is 12.4. The molecule has 1 nitrogen and oxygen atoms in total. The summed E-state index contributed by atoms with van der Waals surface area (Å²) in [6, 6.07) is 15.4. The average molecular weight is 332 g/mol. The molecule has 1 N–H and O–H groups in total. The first-order valence-electron chi connectivity index (χ1n) is 7.18. The largest absolute Gasteiger partial charge is 0.306 e. The molecular weight excluding hydrogens is 310 g/mol. The van der Waals surface area contributed by atoms with Gasteiger partial charge in [0.05, 0.1) is 6.04 Å². The molecular formula is C18H22BrN. The maximum atomic E-state index is 3.69. The summed E-state index contributed by atoms with van der Waals surface area (Å²) in [6.07, 6.45) is 1.13. The lowest BCUT2D eigenvalue weighted by Gasteiger charge is -2.23. The topological polar surface area (TPSA) is 12.0 Å². The highest BCUT2D eigenvalue weighted by Gasteiger charge is 2.17.